The lowest BCUT2D eigenvalue weighted by molar-refractivity contribution is -0.347. The summed E-state index contributed by atoms with van der Waals surface area (Å²) in [4.78, 5) is 11.1. The fraction of sp³-hybridized carbons (Fsp3) is 0.710. The number of carbonyl (C=O) groups is 1. The molecule has 228 valence electrons. The van der Waals surface area contributed by atoms with E-state index in [1.807, 2.05) is 0 Å². The molecular formula is C31H44F6O3. The molecule has 3 rings (SSSR count). The van der Waals surface area contributed by atoms with Crippen molar-refractivity contribution in [3.63, 3.8) is 0 Å². The Bertz CT molecular complexity index is 951. The molecule has 2 saturated carbocycles. The first-order chi connectivity index (χ1) is 18.4. The highest BCUT2D eigenvalue weighted by molar-refractivity contribution is 5.66. The summed E-state index contributed by atoms with van der Waals surface area (Å²) in [7, 11) is 0. The first-order valence-corrected chi connectivity index (χ1v) is 14.1. The molecule has 3 aliphatic carbocycles. The second-order valence-corrected chi connectivity index (χ2v) is 12.4. The van der Waals surface area contributed by atoms with E-state index in [1.165, 1.54) is 38.2 Å². The molecule has 0 aromatic rings. The number of esters is 1. The van der Waals surface area contributed by atoms with Crippen LogP contribution >= 0.6 is 0 Å². The van der Waals surface area contributed by atoms with Gasteiger partial charge in [0, 0.05) is 13.3 Å². The molecule has 0 saturated heterocycles. The minimum absolute atomic E-state index is 0.0927. The maximum atomic E-state index is 12.2. The molecule has 2 fully saturated rings. The largest absolute Gasteiger partial charge is 0.462 e. The van der Waals surface area contributed by atoms with Crippen LogP contribution in [0.4, 0.5) is 26.3 Å². The smallest absolute Gasteiger partial charge is 0.429 e. The van der Waals surface area contributed by atoms with E-state index in [9.17, 15) is 31.1 Å². The summed E-state index contributed by atoms with van der Waals surface area (Å²) in [6, 6.07) is 0. The van der Waals surface area contributed by atoms with Gasteiger partial charge >= 0.3 is 18.3 Å². The molecule has 3 nitrogen and oxygen atoms in total. The molecule has 3 aliphatic rings. The third kappa shape index (κ3) is 11.1. The van der Waals surface area contributed by atoms with Gasteiger partial charge < -0.3 is 9.84 Å². The monoisotopic (exact) mass is 578 g/mol. The number of allylic oxidation sites excluding steroid dienone is 6. The summed E-state index contributed by atoms with van der Waals surface area (Å²) in [5, 5.41) is 8.76. The topological polar surface area (TPSA) is 46.5 Å². The minimum Gasteiger partial charge on any atom is -0.462 e. The van der Waals surface area contributed by atoms with E-state index in [0.29, 0.717) is 5.41 Å². The van der Waals surface area contributed by atoms with Gasteiger partial charge in [0.05, 0.1) is 0 Å². The lowest BCUT2D eigenvalue weighted by Crippen LogP contribution is -2.55. The Hall–Kier alpha value is -2.03. The van der Waals surface area contributed by atoms with E-state index in [-0.39, 0.29) is 30.0 Å². The highest BCUT2D eigenvalue weighted by Crippen LogP contribution is 2.49. The van der Waals surface area contributed by atoms with Crippen LogP contribution in [-0.4, -0.2) is 35.1 Å². The zero-order chi connectivity index (χ0) is 30.2. The zero-order valence-electron chi connectivity index (χ0n) is 24.1. The molecule has 9 heteroatoms. The van der Waals surface area contributed by atoms with Crippen molar-refractivity contribution < 1.29 is 41.0 Å². The minimum atomic E-state index is -5.77. The van der Waals surface area contributed by atoms with Gasteiger partial charge in [0.15, 0.2) is 0 Å². The van der Waals surface area contributed by atoms with Crippen molar-refractivity contribution in [2.75, 3.05) is 0 Å². The molecule has 0 aliphatic heterocycles. The maximum absolute atomic E-state index is 12.2. The van der Waals surface area contributed by atoms with Crippen LogP contribution in [0.25, 0.3) is 0 Å². The predicted octanol–water partition coefficient (Wildman–Crippen LogP) is 9.48. The van der Waals surface area contributed by atoms with Crippen LogP contribution in [0.1, 0.15) is 105 Å². The first kappa shape index (κ1) is 34.2. The average molecular weight is 579 g/mol. The molecule has 0 amide bonds. The summed E-state index contributed by atoms with van der Waals surface area (Å²) in [6.07, 6.45) is 10.4. The van der Waals surface area contributed by atoms with Gasteiger partial charge in [0.25, 0.3) is 5.60 Å². The molecule has 1 atom stereocenters. The van der Waals surface area contributed by atoms with E-state index in [1.54, 1.807) is 12.5 Å². The van der Waals surface area contributed by atoms with Crippen molar-refractivity contribution in [1.82, 2.24) is 0 Å². The molecule has 1 N–H and O–H groups in total. The Morgan fingerprint density at radius 3 is 2.15 bits per heavy atom. The number of hydrogen-bond donors (Lipinski definition) is 1. The van der Waals surface area contributed by atoms with Gasteiger partial charge in [-0.15, -0.1) is 0 Å². The van der Waals surface area contributed by atoms with Crippen LogP contribution in [0.3, 0.4) is 0 Å². The number of alkyl halides is 6. The summed E-state index contributed by atoms with van der Waals surface area (Å²) in [5.41, 5.74) is -1.63. The Morgan fingerprint density at radius 2 is 1.57 bits per heavy atom. The second-order valence-electron chi connectivity index (χ2n) is 12.4. The van der Waals surface area contributed by atoms with Gasteiger partial charge in [0.1, 0.15) is 6.10 Å². The van der Waals surface area contributed by atoms with Gasteiger partial charge in [-0.3, -0.25) is 4.79 Å². The van der Waals surface area contributed by atoms with Crippen molar-refractivity contribution >= 4 is 5.97 Å². The molecule has 0 bridgehead atoms. The van der Waals surface area contributed by atoms with E-state index in [0.717, 1.165) is 51.0 Å². The number of ether oxygens (including phenoxy) is 1. The van der Waals surface area contributed by atoms with E-state index in [2.05, 4.69) is 38.2 Å². The van der Waals surface area contributed by atoms with Crippen LogP contribution in [-0.2, 0) is 9.53 Å². The van der Waals surface area contributed by atoms with Crippen LogP contribution in [0.2, 0.25) is 0 Å². The van der Waals surface area contributed by atoms with E-state index >= 15 is 0 Å². The third-order valence-electron chi connectivity index (χ3n) is 7.86. The third-order valence-corrected chi connectivity index (χ3v) is 7.86. The van der Waals surface area contributed by atoms with Crippen LogP contribution in [0, 0.1) is 10.8 Å². The maximum Gasteiger partial charge on any atom is 0.429 e. The Kier molecular flexibility index (Phi) is 11.8. The van der Waals surface area contributed by atoms with Gasteiger partial charge in [-0.25, -0.2) is 0 Å². The quantitative estimate of drug-likeness (QED) is 0.201. The number of hydrogen-bond acceptors (Lipinski definition) is 3. The number of carbonyl (C=O) groups excluding carboxylic acids is 1. The van der Waals surface area contributed by atoms with Crippen molar-refractivity contribution in [3.05, 3.63) is 47.6 Å². The molecule has 0 unspecified atom stereocenters. The lowest BCUT2D eigenvalue weighted by atomic mass is 9.86. The number of rotatable bonds is 5. The molecule has 40 heavy (non-hydrogen) atoms. The van der Waals surface area contributed by atoms with Crippen LogP contribution < -0.4 is 0 Å². The molecule has 0 spiro atoms. The summed E-state index contributed by atoms with van der Waals surface area (Å²) < 4.78 is 78.7. The molecule has 0 heterocycles. The van der Waals surface area contributed by atoms with E-state index in [4.69, 9.17) is 9.84 Å². The normalized spacial score (nSPS) is 26.3. The molecule has 0 aromatic heterocycles. The van der Waals surface area contributed by atoms with E-state index < -0.39 is 18.0 Å². The second kappa shape index (κ2) is 13.8. The molecular weight excluding hydrogens is 534 g/mol. The SMILES string of the molecule is CC(=O)O[C@H]1CCC/C(=C/C=C2/CC/C=C\C(C)(C)CCC2)C1.CC1(C/C=C\C(O)(C(F)(F)F)C(F)(F)F)CC1. The predicted molar refractivity (Wildman–Crippen MR) is 144 cm³/mol. The Labute approximate surface area is 234 Å². The van der Waals surface area contributed by atoms with Crippen molar-refractivity contribution in [1.29, 1.82) is 0 Å². The van der Waals surface area contributed by atoms with Crippen molar-refractivity contribution in [2.24, 2.45) is 10.8 Å². The van der Waals surface area contributed by atoms with Gasteiger partial charge in [-0.2, -0.15) is 26.3 Å². The van der Waals surface area contributed by atoms with Gasteiger partial charge in [-0.05, 0) is 87.5 Å². The standard InChI is InChI=1S/C21H32O2.C10H12F6O/c1-17(22)23-20-11-6-9-19(16-20)13-12-18-8-4-5-14-21(2,3)15-7-10-18;1-7(5-6-7)3-2-4-8(17,9(11,12)13)10(14,15)16/h5,12-14,20H,4,6-11,15-16H2,1-3H3;2,4,17H,3,5-6H2,1H3/b14-5-,18-12-,19-13-;4-2-/t20-;/m0./s1. The highest BCUT2D eigenvalue weighted by atomic mass is 19.4. The fourth-order valence-electron chi connectivity index (χ4n) is 4.87. The summed E-state index contributed by atoms with van der Waals surface area (Å²) >= 11 is 0. The van der Waals surface area contributed by atoms with Crippen molar-refractivity contribution in [2.45, 2.75) is 129 Å². The average Bonchev–Trinajstić information content (AvgIpc) is 3.53. The lowest BCUT2D eigenvalue weighted by Gasteiger charge is -2.29. The Balaban J connectivity index is 0.000000294. The number of aliphatic hydroxyl groups is 1. The zero-order valence-corrected chi connectivity index (χ0v) is 24.1. The Morgan fingerprint density at radius 1 is 0.975 bits per heavy atom. The first-order valence-electron chi connectivity index (χ1n) is 14.1. The number of halogens is 6. The molecule has 0 aromatic carbocycles. The highest BCUT2D eigenvalue weighted by Gasteiger charge is 2.68. The van der Waals surface area contributed by atoms with Crippen LogP contribution in [0.15, 0.2) is 47.6 Å². The van der Waals surface area contributed by atoms with Gasteiger partial charge in [0.2, 0.25) is 0 Å². The fourth-order valence-corrected chi connectivity index (χ4v) is 4.87. The van der Waals surface area contributed by atoms with Gasteiger partial charge in [-0.1, -0.05) is 62.3 Å². The molecule has 0 radical (unpaired) electrons. The van der Waals surface area contributed by atoms with Crippen LogP contribution in [0.5, 0.6) is 0 Å². The van der Waals surface area contributed by atoms with Crippen molar-refractivity contribution in [3.8, 4) is 0 Å². The summed E-state index contributed by atoms with van der Waals surface area (Å²) in [5.74, 6) is -0.153. The summed E-state index contributed by atoms with van der Waals surface area (Å²) in [6.45, 7) is 7.93.